The summed E-state index contributed by atoms with van der Waals surface area (Å²) in [5, 5.41) is 8.59. The maximum Gasteiger partial charge on any atom is 0.338 e. The highest BCUT2D eigenvalue weighted by Gasteiger charge is 2.35. The van der Waals surface area contributed by atoms with Gasteiger partial charge in [0.2, 0.25) is 11.1 Å². The van der Waals surface area contributed by atoms with Gasteiger partial charge in [-0.1, -0.05) is 37.7 Å². The Morgan fingerprint density at radius 1 is 1.21 bits per heavy atom. The molecule has 1 N–H and O–H groups in total. The molecular weight excluding hydrogens is 388 g/mol. The van der Waals surface area contributed by atoms with Crippen LogP contribution < -0.4 is 10.1 Å². The van der Waals surface area contributed by atoms with E-state index in [-0.39, 0.29) is 5.97 Å². The van der Waals surface area contributed by atoms with Gasteiger partial charge in [-0.15, -0.1) is 5.10 Å². The van der Waals surface area contributed by atoms with Crippen LogP contribution >= 0.6 is 11.8 Å². The van der Waals surface area contributed by atoms with E-state index < -0.39 is 6.04 Å². The number of nitrogens with one attached hydrogen (secondary N) is 1. The maximum absolute atomic E-state index is 12.8. The molecule has 0 bridgehead atoms. The van der Waals surface area contributed by atoms with Crippen molar-refractivity contribution in [2.75, 3.05) is 24.3 Å². The number of carbonyl (C=O) groups is 1. The van der Waals surface area contributed by atoms with Crippen molar-refractivity contribution in [2.24, 2.45) is 0 Å². The summed E-state index contributed by atoms with van der Waals surface area (Å²) in [6.45, 7) is 8.85. The van der Waals surface area contributed by atoms with Gasteiger partial charge < -0.3 is 14.8 Å². The van der Waals surface area contributed by atoms with E-state index in [4.69, 9.17) is 9.47 Å². The topological polar surface area (TPSA) is 78.3 Å². The van der Waals surface area contributed by atoms with E-state index in [1.54, 1.807) is 23.4 Å². The summed E-state index contributed by atoms with van der Waals surface area (Å²) in [4.78, 5) is 17.4. The van der Waals surface area contributed by atoms with Crippen LogP contribution in [0.4, 0.5) is 5.95 Å². The number of allylic oxidation sites excluding steroid dienone is 1. The third-order valence-electron chi connectivity index (χ3n) is 4.43. The first-order valence-electron chi connectivity index (χ1n) is 10.1. The molecule has 3 rings (SSSR count). The lowest BCUT2D eigenvalue weighted by Crippen LogP contribution is -2.29. The van der Waals surface area contributed by atoms with Gasteiger partial charge in [0.15, 0.2) is 0 Å². The van der Waals surface area contributed by atoms with Gasteiger partial charge in [-0.25, -0.2) is 9.48 Å². The minimum absolute atomic E-state index is 0.313. The number of hydrogen-bond donors (Lipinski definition) is 1. The largest absolute Gasteiger partial charge is 0.494 e. The highest BCUT2D eigenvalue weighted by atomic mass is 32.2. The molecule has 0 saturated carbocycles. The van der Waals surface area contributed by atoms with Crippen LogP contribution in [-0.2, 0) is 9.53 Å². The van der Waals surface area contributed by atoms with Gasteiger partial charge in [0.1, 0.15) is 11.8 Å². The molecule has 0 unspecified atom stereocenters. The Balaban J connectivity index is 2.01. The van der Waals surface area contributed by atoms with Crippen molar-refractivity contribution in [2.45, 2.75) is 51.7 Å². The van der Waals surface area contributed by atoms with Crippen LogP contribution in [0.15, 0.2) is 40.7 Å². The van der Waals surface area contributed by atoms with Crippen molar-refractivity contribution in [3.05, 3.63) is 41.1 Å². The predicted molar refractivity (Wildman–Crippen MR) is 114 cm³/mol. The number of thioether (sulfide) groups is 1. The summed E-state index contributed by atoms with van der Waals surface area (Å²) in [7, 11) is 0. The van der Waals surface area contributed by atoms with Crippen molar-refractivity contribution < 1.29 is 14.3 Å². The molecule has 29 heavy (non-hydrogen) atoms. The molecule has 2 heterocycles. The van der Waals surface area contributed by atoms with Gasteiger partial charge in [0, 0.05) is 11.4 Å². The van der Waals surface area contributed by atoms with Crippen molar-refractivity contribution in [1.29, 1.82) is 0 Å². The summed E-state index contributed by atoms with van der Waals surface area (Å²) in [6.07, 6.45) is 1.99. The number of aromatic nitrogens is 3. The Morgan fingerprint density at radius 2 is 1.97 bits per heavy atom. The Morgan fingerprint density at radius 3 is 2.62 bits per heavy atom. The Hall–Kier alpha value is -2.48. The van der Waals surface area contributed by atoms with Crippen LogP contribution in [0.5, 0.6) is 5.75 Å². The molecule has 8 heteroatoms. The fourth-order valence-corrected chi connectivity index (χ4v) is 3.82. The van der Waals surface area contributed by atoms with Crippen molar-refractivity contribution >= 4 is 23.7 Å². The van der Waals surface area contributed by atoms with Crippen LogP contribution in [-0.4, -0.2) is 39.7 Å². The fourth-order valence-electron chi connectivity index (χ4n) is 3.13. The molecule has 1 atom stereocenters. The number of fused-ring (bicyclic) bond motifs is 1. The lowest BCUT2D eigenvalue weighted by Gasteiger charge is -2.28. The molecular formula is C21H28N4O3S. The number of benzene rings is 1. The Labute approximate surface area is 175 Å². The molecule has 1 aliphatic heterocycles. The summed E-state index contributed by atoms with van der Waals surface area (Å²) < 4.78 is 12.8. The smallest absolute Gasteiger partial charge is 0.338 e. The van der Waals surface area contributed by atoms with E-state index in [1.807, 2.05) is 31.2 Å². The third-order valence-corrected chi connectivity index (χ3v) is 5.48. The van der Waals surface area contributed by atoms with Crippen molar-refractivity contribution in [3.63, 3.8) is 0 Å². The summed E-state index contributed by atoms with van der Waals surface area (Å²) in [5.74, 6) is 2.03. The number of carbonyl (C=O) groups excluding carboxylic acids is 1. The van der Waals surface area contributed by atoms with Crippen LogP contribution in [0, 0.1) is 0 Å². The molecule has 0 aliphatic carbocycles. The quantitative estimate of drug-likeness (QED) is 0.479. The van der Waals surface area contributed by atoms with Crippen molar-refractivity contribution in [3.8, 4) is 5.75 Å². The van der Waals surface area contributed by atoms with Crippen LogP contribution in [0.3, 0.4) is 0 Å². The molecule has 1 aromatic heterocycles. The standard InChI is InChI=1S/C21H28N4O3S/c1-5-12-28-16-10-8-15(9-11-16)18-17(19(26)27-7-3)14(4)22-20-23-21(24-25(18)20)29-13-6-2/h8-11,18H,5-7,12-13H2,1-4H3,(H,22,23,24)/t18-/m1/s1. The number of nitrogens with zero attached hydrogens (tertiary/aromatic N) is 3. The van der Waals surface area contributed by atoms with Gasteiger partial charge in [-0.05, 0) is 44.4 Å². The zero-order valence-electron chi connectivity index (χ0n) is 17.4. The normalized spacial score (nSPS) is 15.7. The van der Waals surface area contributed by atoms with E-state index >= 15 is 0 Å². The number of rotatable bonds is 9. The van der Waals surface area contributed by atoms with Crippen LogP contribution in [0.25, 0.3) is 0 Å². The van der Waals surface area contributed by atoms with E-state index in [9.17, 15) is 4.79 Å². The molecule has 1 aliphatic rings. The second-order valence-corrected chi connectivity index (χ2v) is 7.78. The fraction of sp³-hybridized carbons (Fsp3) is 0.476. The summed E-state index contributed by atoms with van der Waals surface area (Å²) in [5.41, 5.74) is 2.20. The highest BCUT2D eigenvalue weighted by molar-refractivity contribution is 7.99. The maximum atomic E-state index is 12.8. The number of esters is 1. The lowest BCUT2D eigenvalue weighted by molar-refractivity contribution is -0.139. The first-order chi connectivity index (χ1) is 14.1. The minimum atomic E-state index is -0.408. The molecule has 0 spiro atoms. The van der Waals surface area contributed by atoms with Crippen molar-refractivity contribution in [1.82, 2.24) is 14.8 Å². The van der Waals surface area contributed by atoms with Gasteiger partial charge in [0.05, 0.1) is 18.8 Å². The number of ether oxygens (including phenoxy) is 2. The molecule has 0 fully saturated rings. The van der Waals surface area contributed by atoms with Crippen LogP contribution in [0.1, 0.15) is 52.1 Å². The van der Waals surface area contributed by atoms with Gasteiger partial charge in [-0.3, -0.25) is 0 Å². The molecule has 1 aromatic carbocycles. The number of anilines is 1. The second-order valence-electron chi connectivity index (χ2n) is 6.72. The predicted octanol–water partition coefficient (Wildman–Crippen LogP) is 4.42. The van der Waals surface area contributed by atoms with Gasteiger partial charge >= 0.3 is 5.97 Å². The van der Waals surface area contributed by atoms with E-state index in [0.29, 0.717) is 29.9 Å². The monoisotopic (exact) mass is 416 g/mol. The van der Waals surface area contributed by atoms with Gasteiger partial charge in [-0.2, -0.15) is 4.98 Å². The first kappa shape index (κ1) is 21.2. The Bertz CT molecular complexity index is 877. The SMILES string of the molecule is CCCOc1ccc([C@@H]2C(C(=O)OCC)=C(C)Nc3nc(SCCC)nn32)cc1. The molecule has 0 saturated heterocycles. The summed E-state index contributed by atoms with van der Waals surface area (Å²) in [6, 6.07) is 7.38. The zero-order chi connectivity index (χ0) is 20.8. The average Bonchev–Trinajstić information content (AvgIpc) is 3.12. The average molecular weight is 417 g/mol. The molecule has 0 amide bonds. The molecule has 0 radical (unpaired) electrons. The minimum Gasteiger partial charge on any atom is -0.494 e. The zero-order valence-corrected chi connectivity index (χ0v) is 18.2. The summed E-state index contributed by atoms with van der Waals surface area (Å²) >= 11 is 1.61. The van der Waals surface area contributed by atoms with Crippen LogP contribution in [0.2, 0.25) is 0 Å². The van der Waals surface area contributed by atoms with Gasteiger partial charge in [0.25, 0.3) is 0 Å². The van der Waals surface area contributed by atoms with E-state index in [2.05, 4.69) is 29.2 Å². The van der Waals surface area contributed by atoms with E-state index in [0.717, 1.165) is 35.6 Å². The molecule has 156 valence electrons. The highest BCUT2D eigenvalue weighted by Crippen LogP contribution is 2.37. The first-order valence-corrected chi connectivity index (χ1v) is 11.0. The molecule has 7 nitrogen and oxygen atoms in total. The number of hydrogen-bond acceptors (Lipinski definition) is 7. The second kappa shape index (κ2) is 9.82. The van der Waals surface area contributed by atoms with E-state index in [1.165, 1.54) is 0 Å². The lowest BCUT2D eigenvalue weighted by atomic mass is 9.96. The molecule has 2 aromatic rings. The Kier molecular flexibility index (Phi) is 7.19. The third kappa shape index (κ3) is 4.75.